The zero-order valence-corrected chi connectivity index (χ0v) is 27.8. The van der Waals surface area contributed by atoms with Crippen molar-refractivity contribution >= 4 is 36.0 Å². The molecule has 3 aromatic carbocycles. The molecule has 4 N–H and O–H groups in total. The highest BCUT2D eigenvalue weighted by Crippen LogP contribution is 2.37. The van der Waals surface area contributed by atoms with Gasteiger partial charge >= 0.3 is 12.2 Å². The minimum Gasteiger partial charge on any atom is -0.444 e. The highest BCUT2D eigenvalue weighted by molar-refractivity contribution is 6.04. The van der Waals surface area contributed by atoms with Crippen LogP contribution in [0.3, 0.4) is 0 Å². The summed E-state index contributed by atoms with van der Waals surface area (Å²) in [7, 11) is 0. The van der Waals surface area contributed by atoms with Gasteiger partial charge in [-0.25, -0.2) is 14.6 Å². The summed E-state index contributed by atoms with van der Waals surface area (Å²) in [6, 6.07) is 23.7. The molecule has 5 rings (SSSR count). The number of fused-ring (bicyclic) bond motifs is 1. The zero-order chi connectivity index (χ0) is 36.4. The van der Waals surface area contributed by atoms with Crippen molar-refractivity contribution in [2.75, 3.05) is 11.4 Å². The lowest BCUT2D eigenvalue weighted by molar-refractivity contribution is -0.125. The molecule has 51 heavy (non-hydrogen) atoms. The van der Waals surface area contributed by atoms with Gasteiger partial charge in [-0.2, -0.15) is 0 Å². The van der Waals surface area contributed by atoms with Crippen molar-refractivity contribution in [3.05, 3.63) is 142 Å². The predicted molar refractivity (Wildman–Crippen MR) is 188 cm³/mol. The second-order valence-corrected chi connectivity index (χ2v) is 11.9. The van der Waals surface area contributed by atoms with Crippen LogP contribution in [0.4, 0.5) is 15.3 Å². The number of hydrogen-bond donors (Lipinski definition) is 4. The van der Waals surface area contributed by atoms with E-state index < -0.39 is 35.2 Å². The van der Waals surface area contributed by atoms with Gasteiger partial charge in [-0.15, -0.1) is 6.58 Å². The number of nitrogens with zero attached hydrogens (tertiary/aromatic N) is 3. The fraction of sp³-hybridized carbons (Fsp3) is 0.216. The lowest BCUT2D eigenvalue weighted by Gasteiger charge is -2.23. The zero-order valence-electron chi connectivity index (χ0n) is 27.8. The summed E-state index contributed by atoms with van der Waals surface area (Å²) in [5, 5.41) is 16.1. The van der Waals surface area contributed by atoms with Crippen LogP contribution in [0.5, 0.6) is 0 Å². The molecule has 262 valence electrons. The normalized spacial score (nSPS) is 15.8. The SMILES string of the molecule is C=CCN(C(=O)OCc1ccccc1)c1cnc2n(c1=O)C(C(=O)NCc1ccc(C(=N)NC(=O)OCc3ccccc3)cc1)CC2(C)NC=O. The van der Waals surface area contributed by atoms with Gasteiger partial charge in [0.05, 0.1) is 11.7 Å². The molecule has 0 aliphatic carbocycles. The maximum Gasteiger partial charge on any atom is 0.415 e. The van der Waals surface area contributed by atoms with Crippen LogP contribution in [-0.4, -0.2) is 46.4 Å². The molecule has 1 aliphatic heterocycles. The van der Waals surface area contributed by atoms with E-state index >= 15 is 0 Å². The molecule has 2 heterocycles. The Labute approximate surface area is 293 Å². The van der Waals surface area contributed by atoms with Gasteiger partial charge in [0, 0.05) is 25.1 Å². The molecule has 2 unspecified atom stereocenters. The van der Waals surface area contributed by atoms with Crippen molar-refractivity contribution in [2.24, 2.45) is 0 Å². The van der Waals surface area contributed by atoms with Crippen LogP contribution in [0.15, 0.2) is 109 Å². The van der Waals surface area contributed by atoms with Crippen LogP contribution >= 0.6 is 0 Å². The van der Waals surface area contributed by atoms with Gasteiger partial charge in [0.2, 0.25) is 12.3 Å². The summed E-state index contributed by atoms with van der Waals surface area (Å²) in [4.78, 5) is 70.1. The topological polar surface area (TPSA) is 185 Å². The number of carbonyl (C=O) groups excluding carboxylic acids is 4. The Bertz CT molecular complexity index is 1970. The molecule has 0 spiro atoms. The first-order valence-electron chi connectivity index (χ1n) is 16.0. The molecule has 4 amide bonds. The Morgan fingerprint density at radius 2 is 1.61 bits per heavy atom. The quantitative estimate of drug-likeness (QED) is 0.0700. The van der Waals surface area contributed by atoms with Crippen LogP contribution in [0.2, 0.25) is 0 Å². The number of amidine groups is 1. The van der Waals surface area contributed by atoms with Gasteiger partial charge in [-0.1, -0.05) is 91.0 Å². The summed E-state index contributed by atoms with van der Waals surface area (Å²) < 4.78 is 11.8. The molecule has 0 bridgehead atoms. The smallest absolute Gasteiger partial charge is 0.415 e. The van der Waals surface area contributed by atoms with Crippen LogP contribution in [-0.2, 0) is 44.4 Å². The molecule has 1 aliphatic rings. The minimum absolute atomic E-state index is 0.0192. The Morgan fingerprint density at radius 1 is 0.980 bits per heavy atom. The second-order valence-electron chi connectivity index (χ2n) is 11.9. The highest BCUT2D eigenvalue weighted by atomic mass is 16.6. The summed E-state index contributed by atoms with van der Waals surface area (Å²) in [5.41, 5.74) is 0.703. The number of anilines is 1. The number of benzene rings is 3. The first-order valence-corrected chi connectivity index (χ1v) is 16.0. The van der Waals surface area contributed by atoms with Gasteiger partial charge in [-0.05, 0) is 23.6 Å². The number of hydrogen-bond acceptors (Lipinski definition) is 9. The molecular weight excluding hydrogens is 654 g/mol. The third-order valence-corrected chi connectivity index (χ3v) is 8.24. The summed E-state index contributed by atoms with van der Waals surface area (Å²) in [6.45, 7) is 5.38. The van der Waals surface area contributed by atoms with Crippen LogP contribution < -0.4 is 26.4 Å². The van der Waals surface area contributed by atoms with E-state index in [9.17, 15) is 24.0 Å². The second kappa shape index (κ2) is 16.2. The largest absolute Gasteiger partial charge is 0.444 e. The number of nitrogens with one attached hydrogen (secondary N) is 4. The van der Waals surface area contributed by atoms with E-state index in [0.717, 1.165) is 16.0 Å². The van der Waals surface area contributed by atoms with Crippen LogP contribution in [0.1, 0.15) is 47.5 Å². The van der Waals surface area contributed by atoms with Crippen molar-refractivity contribution in [3.63, 3.8) is 0 Å². The molecule has 1 aromatic heterocycles. The maximum absolute atomic E-state index is 14.0. The average Bonchev–Trinajstić information content (AvgIpc) is 3.45. The number of ether oxygens (including phenoxy) is 2. The van der Waals surface area contributed by atoms with Crippen molar-refractivity contribution < 1.29 is 28.7 Å². The van der Waals surface area contributed by atoms with E-state index in [-0.39, 0.29) is 50.1 Å². The molecule has 2 atom stereocenters. The number of amides is 4. The lowest BCUT2D eigenvalue weighted by Crippen LogP contribution is -2.41. The van der Waals surface area contributed by atoms with E-state index in [2.05, 4.69) is 27.5 Å². The molecule has 14 heteroatoms. The molecule has 0 fully saturated rings. The molecule has 0 saturated heterocycles. The number of aromatic nitrogens is 2. The average molecular weight is 692 g/mol. The third kappa shape index (κ3) is 8.54. The number of rotatable bonds is 13. The van der Waals surface area contributed by atoms with Crippen LogP contribution in [0.25, 0.3) is 0 Å². The van der Waals surface area contributed by atoms with Gasteiger partial charge in [0.1, 0.15) is 36.6 Å². The Hall–Kier alpha value is -6.57. The van der Waals surface area contributed by atoms with Crippen molar-refractivity contribution in [1.29, 1.82) is 5.41 Å². The fourth-order valence-electron chi connectivity index (χ4n) is 5.60. The van der Waals surface area contributed by atoms with Gasteiger partial charge in [0.15, 0.2) is 0 Å². The van der Waals surface area contributed by atoms with E-state index in [1.165, 1.54) is 16.8 Å². The van der Waals surface area contributed by atoms with E-state index in [4.69, 9.17) is 14.9 Å². The fourth-order valence-corrected chi connectivity index (χ4v) is 5.60. The standard InChI is InChI=1S/C37H37N7O7/c1-3-18-43(36(49)51-23-27-12-8-5-9-13-27)30-21-40-34-37(2,41-24-45)19-29(44(34)33(30)47)32(46)39-20-25-14-16-28(17-15-25)31(38)42-35(48)50-22-26-10-6-4-7-11-26/h3-17,21,24,29H,1,18-20,22-23H2,2H3,(H,39,46)(H,41,45)(H2,38,42,48). The van der Waals surface area contributed by atoms with Gasteiger partial charge < -0.3 is 20.1 Å². The Morgan fingerprint density at radius 3 is 2.22 bits per heavy atom. The first-order chi connectivity index (χ1) is 24.6. The lowest BCUT2D eigenvalue weighted by atomic mass is 9.96. The maximum atomic E-state index is 14.0. The van der Waals surface area contributed by atoms with Gasteiger partial charge in [0.25, 0.3) is 5.56 Å². The van der Waals surface area contributed by atoms with E-state index in [1.54, 1.807) is 43.3 Å². The van der Waals surface area contributed by atoms with E-state index in [0.29, 0.717) is 17.5 Å². The third-order valence-electron chi connectivity index (χ3n) is 8.24. The number of carbonyl (C=O) groups is 4. The van der Waals surface area contributed by atoms with Crippen LogP contribution in [0, 0.1) is 5.41 Å². The molecule has 0 saturated carbocycles. The molecule has 0 radical (unpaired) electrons. The molecular formula is C37H37N7O7. The summed E-state index contributed by atoms with van der Waals surface area (Å²) >= 11 is 0. The molecule has 4 aromatic rings. The van der Waals surface area contributed by atoms with Gasteiger partial charge in [-0.3, -0.25) is 34.6 Å². The minimum atomic E-state index is -1.16. The Balaban J connectivity index is 1.27. The predicted octanol–water partition coefficient (Wildman–Crippen LogP) is 4.05. The van der Waals surface area contributed by atoms with Crippen molar-refractivity contribution in [3.8, 4) is 0 Å². The Kier molecular flexibility index (Phi) is 11.4. The number of alkyl carbamates (subject to hydrolysis) is 1. The van der Waals surface area contributed by atoms with Crippen molar-refractivity contribution in [2.45, 2.75) is 44.7 Å². The van der Waals surface area contributed by atoms with Crippen molar-refractivity contribution in [1.82, 2.24) is 25.5 Å². The molecule has 14 nitrogen and oxygen atoms in total. The van der Waals surface area contributed by atoms with E-state index in [1.807, 2.05) is 48.5 Å². The summed E-state index contributed by atoms with van der Waals surface area (Å²) in [6.07, 6.45) is 1.59. The first kappa shape index (κ1) is 35.7. The monoisotopic (exact) mass is 691 g/mol. The highest BCUT2D eigenvalue weighted by Gasteiger charge is 2.46. The summed E-state index contributed by atoms with van der Waals surface area (Å²) in [5.74, 6) is -0.530.